The van der Waals surface area contributed by atoms with Gasteiger partial charge in [-0.3, -0.25) is 9.69 Å². The average Bonchev–Trinajstić information content (AvgIpc) is 3.57. The zero-order valence-electron chi connectivity index (χ0n) is 21.8. The molecule has 40 heavy (non-hydrogen) atoms. The van der Waals surface area contributed by atoms with Crippen molar-refractivity contribution in [2.75, 3.05) is 18.4 Å². The lowest BCUT2D eigenvalue weighted by atomic mass is 9.85. The first kappa shape index (κ1) is 26.7. The SMILES string of the molecule is Cc1cc(F)c(C(=O)NC2CC2)cc1-n1cnc(-c2cc(NC3CCN(C4CC(F)(F)C4)CC3F)cnc2F)c1. The summed E-state index contributed by atoms with van der Waals surface area (Å²) in [6, 6.07) is 3.42. The molecule has 3 aliphatic rings. The Hall–Kier alpha value is -3.54. The van der Waals surface area contributed by atoms with Crippen LogP contribution in [-0.2, 0) is 0 Å². The van der Waals surface area contributed by atoms with Crippen molar-refractivity contribution in [3.05, 3.63) is 59.8 Å². The maximum Gasteiger partial charge on any atom is 0.254 e. The van der Waals surface area contributed by atoms with Crippen molar-refractivity contribution in [3.8, 4) is 16.9 Å². The van der Waals surface area contributed by atoms with Gasteiger partial charge in [0.1, 0.15) is 12.0 Å². The van der Waals surface area contributed by atoms with E-state index >= 15 is 0 Å². The van der Waals surface area contributed by atoms with Gasteiger partial charge in [0.25, 0.3) is 11.8 Å². The first-order valence-corrected chi connectivity index (χ1v) is 13.4. The number of pyridine rings is 1. The molecule has 2 unspecified atom stereocenters. The van der Waals surface area contributed by atoms with Crippen LogP contribution in [0.5, 0.6) is 0 Å². The summed E-state index contributed by atoms with van der Waals surface area (Å²) in [6.45, 7) is 2.24. The number of alkyl halides is 3. The van der Waals surface area contributed by atoms with Gasteiger partial charge < -0.3 is 15.2 Å². The third-order valence-electron chi connectivity index (χ3n) is 7.93. The van der Waals surface area contributed by atoms with Gasteiger partial charge in [-0.15, -0.1) is 0 Å². The maximum absolute atomic E-state index is 15.0. The number of hydrogen-bond acceptors (Lipinski definition) is 5. The Morgan fingerprint density at radius 3 is 2.58 bits per heavy atom. The van der Waals surface area contributed by atoms with Gasteiger partial charge in [-0.2, -0.15) is 4.39 Å². The summed E-state index contributed by atoms with van der Waals surface area (Å²) >= 11 is 0. The predicted molar refractivity (Wildman–Crippen MR) is 138 cm³/mol. The fourth-order valence-electron chi connectivity index (χ4n) is 5.43. The summed E-state index contributed by atoms with van der Waals surface area (Å²) in [6.07, 6.45) is 4.66. The molecule has 2 aromatic heterocycles. The Morgan fingerprint density at radius 2 is 1.88 bits per heavy atom. The van der Waals surface area contributed by atoms with E-state index in [9.17, 15) is 26.7 Å². The van der Waals surface area contributed by atoms with Gasteiger partial charge in [-0.1, -0.05) is 0 Å². The number of amides is 1. The molecular formula is C28H29F5N6O. The lowest BCUT2D eigenvalue weighted by molar-refractivity contribution is -0.131. The van der Waals surface area contributed by atoms with Crippen molar-refractivity contribution in [1.29, 1.82) is 0 Å². The van der Waals surface area contributed by atoms with Crippen LogP contribution >= 0.6 is 0 Å². The molecule has 12 heteroatoms. The highest BCUT2D eigenvalue weighted by atomic mass is 19.3. The van der Waals surface area contributed by atoms with Crippen LogP contribution < -0.4 is 10.6 Å². The van der Waals surface area contributed by atoms with Crippen molar-refractivity contribution < 1.29 is 26.7 Å². The molecule has 2 atom stereocenters. The molecule has 1 aliphatic heterocycles. The lowest BCUT2D eigenvalue weighted by Gasteiger charge is -2.46. The van der Waals surface area contributed by atoms with E-state index in [-0.39, 0.29) is 48.3 Å². The van der Waals surface area contributed by atoms with Crippen LogP contribution in [0, 0.1) is 18.7 Å². The van der Waals surface area contributed by atoms with E-state index in [1.165, 1.54) is 30.7 Å². The molecule has 0 spiro atoms. The Balaban J connectivity index is 1.17. The van der Waals surface area contributed by atoms with E-state index in [1.54, 1.807) is 22.6 Å². The molecule has 1 amide bonds. The minimum absolute atomic E-state index is 0.0575. The molecule has 2 saturated carbocycles. The maximum atomic E-state index is 15.0. The van der Waals surface area contributed by atoms with Crippen LogP contribution in [0.1, 0.15) is 48.0 Å². The highest BCUT2D eigenvalue weighted by Crippen LogP contribution is 2.41. The summed E-state index contributed by atoms with van der Waals surface area (Å²) in [5.41, 5.74) is 1.72. The standard InChI is InChI=1S/C28H29F5N6O/c1-15-6-21(29)19(27(40)37-16-2-3-16)8-25(15)39-13-24(35-14-39)20-7-17(11-34-26(20)31)36-23-4-5-38(12-22(23)30)18-9-28(32,33)10-18/h6-8,11,13-14,16,18,22-23,36H,2-5,9-10,12H2,1H3,(H,37,40). The number of aryl methyl sites for hydroxylation is 1. The number of aromatic nitrogens is 3. The number of piperidine rings is 1. The normalized spacial score (nSPS) is 23.1. The Bertz CT molecular complexity index is 1430. The van der Waals surface area contributed by atoms with Gasteiger partial charge in [-0.25, -0.2) is 27.5 Å². The second-order valence-corrected chi connectivity index (χ2v) is 11.1. The molecule has 1 aromatic carbocycles. The van der Waals surface area contributed by atoms with Crippen LogP contribution in [0.15, 0.2) is 36.9 Å². The van der Waals surface area contributed by atoms with Crippen LogP contribution in [0.4, 0.5) is 27.6 Å². The van der Waals surface area contributed by atoms with Gasteiger partial charge >= 0.3 is 0 Å². The van der Waals surface area contributed by atoms with Crippen LogP contribution in [0.3, 0.4) is 0 Å². The molecule has 6 rings (SSSR count). The van der Waals surface area contributed by atoms with Crippen molar-refractivity contribution in [3.63, 3.8) is 0 Å². The summed E-state index contributed by atoms with van der Waals surface area (Å²) < 4.78 is 72.3. The number of carbonyl (C=O) groups excluding carboxylic acids is 1. The summed E-state index contributed by atoms with van der Waals surface area (Å²) in [7, 11) is 0. The fraction of sp³-hybridized carbons (Fsp3) is 0.464. The van der Waals surface area contributed by atoms with Crippen molar-refractivity contribution in [2.45, 2.75) is 69.2 Å². The molecule has 0 radical (unpaired) electrons. The molecule has 0 bridgehead atoms. The van der Waals surface area contributed by atoms with Gasteiger partial charge in [0.05, 0.1) is 46.8 Å². The second-order valence-electron chi connectivity index (χ2n) is 11.1. The zero-order chi connectivity index (χ0) is 28.2. The minimum atomic E-state index is -2.66. The van der Waals surface area contributed by atoms with Crippen LogP contribution in [0.25, 0.3) is 16.9 Å². The number of likely N-dealkylation sites (tertiary alicyclic amines) is 1. The number of benzene rings is 1. The minimum Gasteiger partial charge on any atom is -0.378 e. The molecule has 1 saturated heterocycles. The van der Waals surface area contributed by atoms with Crippen molar-refractivity contribution in [1.82, 2.24) is 24.8 Å². The third-order valence-corrected chi connectivity index (χ3v) is 7.93. The number of rotatable bonds is 7. The topological polar surface area (TPSA) is 75.1 Å². The summed E-state index contributed by atoms with van der Waals surface area (Å²) in [5.74, 6) is -4.54. The van der Waals surface area contributed by atoms with Gasteiger partial charge in [0.2, 0.25) is 5.95 Å². The van der Waals surface area contributed by atoms with Crippen molar-refractivity contribution in [2.24, 2.45) is 0 Å². The van der Waals surface area contributed by atoms with E-state index in [1.807, 2.05) is 0 Å². The Morgan fingerprint density at radius 1 is 1.10 bits per heavy atom. The highest BCUT2D eigenvalue weighted by molar-refractivity contribution is 5.95. The number of nitrogens with zero attached hydrogens (tertiary/aromatic N) is 4. The van der Waals surface area contributed by atoms with Gasteiger partial charge in [-0.05, 0) is 49.9 Å². The number of halogens is 5. The monoisotopic (exact) mass is 560 g/mol. The van der Waals surface area contributed by atoms with Crippen molar-refractivity contribution >= 4 is 11.6 Å². The number of anilines is 1. The smallest absolute Gasteiger partial charge is 0.254 e. The summed E-state index contributed by atoms with van der Waals surface area (Å²) in [4.78, 5) is 22.4. The Kier molecular flexibility index (Phi) is 6.76. The third kappa shape index (κ3) is 5.41. The predicted octanol–water partition coefficient (Wildman–Crippen LogP) is 5.04. The van der Waals surface area contributed by atoms with E-state index in [0.717, 1.165) is 12.8 Å². The molecular weight excluding hydrogens is 531 g/mol. The second kappa shape index (κ2) is 10.1. The lowest BCUT2D eigenvalue weighted by Crippen LogP contribution is -2.57. The van der Waals surface area contributed by atoms with E-state index in [4.69, 9.17) is 0 Å². The van der Waals surface area contributed by atoms with E-state index in [2.05, 4.69) is 20.6 Å². The number of hydrogen-bond donors (Lipinski definition) is 2. The van der Waals surface area contributed by atoms with Gasteiger partial charge in [0.15, 0.2) is 0 Å². The van der Waals surface area contributed by atoms with E-state index < -0.39 is 35.8 Å². The quantitative estimate of drug-likeness (QED) is 0.313. The first-order chi connectivity index (χ1) is 19.1. The number of imidazole rings is 1. The summed E-state index contributed by atoms with van der Waals surface area (Å²) in [5, 5.41) is 5.85. The largest absolute Gasteiger partial charge is 0.378 e. The number of nitrogens with one attached hydrogen (secondary N) is 2. The Labute approximate surface area is 227 Å². The molecule has 3 fully saturated rings. The highest BCUT2D eigenvalue weighted by Gasteiger charge is 2.49. The average molecular weight is 561 g/mol. The van der Waals surface area contributed by atoms with Crippen LogP contribution in [0.2, 0.25) is 0 Å². The van der Waals surface area contributed by atoms with Gasteiger partial charge in [0, 0.05) is 44.2 Å². The molecule has 3 heterocycles. The number of carbonyl (C=O) groups is 1. The molecule has 2 N–H and O–H groups in total. The molecule has 7 nitrogen and oxygen atoms in total. The fourth-order valence-corrected chi connectivity index (χ4v) is 5.43. The first-order valence-electron chi connectivity index (χ1n) is 13.4. The molecule has 212 valence electrons. The van der Waals surface area contributed by atoms with Crippen LogP contribution in [-0.4, -0.2) is 68.7 Å². The zero-order valence-corrected chi connectivity index (χ0v) is 21.8. The molecule has 2 aliphatic carbocycles. The molecule has 3 aromatic rings. The van der Waals surface area contributed by atoms with E-state index in [0.29, 0.717) is 29.9 Å².